The van der Waals surface area contributed by atoms with Gasteiger partial charge in [0.15, 0.2) is 10.8 Å². The molecular weight excluding hydrogens is 299 g/mol. The molecule has 0 bridgehead atoms. The van der Waals surface area contributed by atoms with Crippen LogP contribution in [-0.4, -0.2) is 25.8 Å². The summed E-state index contributed by atoms with van der Waals surface area (Å²) < 4.78 is 13.3. The van der Waals surface area contributed by atoms with Crippen molar-refractivity contribution < 1.29 is 9.18 Å². The largest absolute Gasteiger partial charge is 0.396 e. The molecule has 9 heteroatoms. The Labute approximate surface area is 122 Å². The summed E-state index contributed by atoms with van der Waals surface area (Å²) in [5.74, 6) is -1.37. The molecular formula is C12H8ClFN6O. The summed E-state index contributed by atoms with van der Waals surface area (Å²) in [6.45, 7) is 0. The highest BCUT2D eigenvalue weighted by molar-refractivity contribution is 6.33. The molecule has 0 saturated heterocycles. The van der Waals surface area contributed by atoms with Gasteiger partial charge in [0.2, 0.25) is 5.95 Å². The van der Waals surface area contributed by atoms with Crippen LogP contribution in [0.15, 0.2) is 24.5 Å². The number of nitrogen functional groups attached to an aromatic ring is 1. The lowest BCUT2D eigenvalue weighted by molar-refractivity contribution is 0.102. The molecule has 0 aliphatic carbocycles. The number of nitrogens with zero attached hydrogens (tertiary/aromatic N) is 3. The minimum atomic E-state index is -0.677. The average Bonchev–Trinajstić information content (AvgIpc) is 2.90. The van der Waals surface area contributed by atoms with Crippen molar-refractivity contribution in [3.05, 3.63) is 41.1 Å². The predicted molar refractivity (Wildman–Crippen MR) is 75.5 cm³/mol. The number of hydrogen-bond acceptors (Lipinski definition) is 5. The van der Waals surface area contributed by atoms with Crippen molar-refractivity contribution in [3.63, 3.8) is 0 Å². The standard InChI is InChI=1S/C12H8ClFN6O/c13-9-8-10(17-4-16-8)19-12(18-9)20-11(21)5-2-1-3-6(14)7(5)15/h1-4H,15H2,(H2,16,17,18,19,20,21). The van der Waals surface area contributed by atoms with E-state index in [0.717, 1.165) is 6.07 Å². The quantitative estimate of drug-likeness (QED) is 0.495. The third-order valence-electron chi connectivity index (χ3n) is 2.76. The van der Waals surface area contributed by atoms with E-state index in [4.69, 9.17) is 17.3 Å². The van der Waals surface area contributed by atoms with Crippen LogP contribution in [0, 0.1) is 5.82 Å². The van der Waals surface area contributed by atoms with E-state index in [2.05, 4.69) is 25.3 Å². The highest BCUT2D eigenvalue weighted by Gasteiger charge is 2.15. The SMILES string of the molecule is Nc1c(F)cccc1C(=O)Nc1nc(Cl)c2[nH]cnc2n1. The third-order valence-corrected chi connectivity index (χ3v) is 3.04. The second-order valence-corrected chi connectivity index (χ2v) is 4.45. The monoisotopic (exact) mass is 306 g/mol. The number of carbonyl (C=O) groups excluding carboxylic acids is 1. The maximum Gasteiger partial charge on any atom is 0.260 e. The van der Waals surface area contributed by atoms with Crippen LogP contribution in [0.4, 0.5) is 16.0 Å². The van der Waals surface area contributed by atoms with Gasteiger partial charge >= 0.3 is 0 Å². The highest BCUT2D eigenvalue weighted by atomic mass is 35.5. The molecule has 2 heterocycles. The van der Waals surface area contributed by atoms with Gasteiger partial charge in [-0.15, -0.1) is 0 Å². The number of para-hydroxylation sites is 1. The predicted octanol–water partition coefficient (Wildman–Crippen LogP) is 1.98. The first-order valence-electron chi connectivity index (χ1n) is 5.78. The number of anilines is 2. The van der Waals surface area contributed by atoms with Crippen molar-refractivity contribution in [2.24, 2.45) is 0 Å². The Hall–Kier alpha value is -2.74. The van der Waals surface area contributed by atoms with E-state index in [9.17, 15) is 9.18 Å². The maximum absolute atomic E-state index is 13.3. The fraction of sp³-hybridized carbons (Fsp3) is 0. The summed E-state index contributed by atoms with van der Waals surface area (Å²) >= 11 is 5.93. The Kier molecular flexibility index (Phi) is 3.15. The molecule has 21 heavy (non-hydrogen) atoms. The van der Waals surface area contributed by atoms with E-state index in [1.54, 1.807) is 0 Å². The minimum Gasteiger partial charge on any atom is -0.396 e. The van der Waals surface area contributed by atoms with E-state index < -0.39 is 11.7 Å². The first-order valence-corrected chi connectivity index (χ1v) is 6.16. The van der Waals surface area contributed by atoms with Gasteiger partial charge in [0, 0.05) is 0 Å². The molecule has 0 atom stereocenters. The van der Waals surface area contributed by atoms with Gasteiger partial charge in [-0.25, -0.2) is 9.37 Å². The minimum absolute atomic E-state index is 0.0168. The Morgan fingerprint density at radius 1 is 1.38 bits per heavy atom. The number of aromatic amines is 1. The molecule has 7 nitrogen and oxygen atoms in total. The van der Waals surface area contributed by atoms with Crippen LogP contribution >= 0.6 is 11.6 Å². The summed E-state index contributed by atoms with van der Waals surface area (Å²) in [5.41, 5.74) is 6.02. The normalized spacial score (nSPS) is 10.8. The molecule has 1 aromatic carbocycles. The Morgan fingerprint density at radius 3 is 3.00 bits per heavy atom. The van der Waals surface area contributed by atoms with E-state index in [0.29, 0.717) is 11.2 Å². The number of halogens is 2. The van der Waals surface area contributed by atoms with Crippen LogP contribution in [-0.2, 0) is 0 Å². The highest BCUT2D eigenvalue weighted by Crippen LogP contribution is 2.20. The lowest BCUT2D eigenvalue weighted by Gasteiger charge is -2.07. The van der Waals surface area contributed by atoms with Crippen molar-refractivity contribution in [3.8, 4) is 0 Å². The number of amides is 1. The van der Waals surface area contributed by atoms with Gasteiger partial charge in [-0.1, -0.05) is 17.7 Å². The Morgan fingerprint density at radius 2 is 2.19 bits per heavy atom. The van der Waals surface area contributed by atoms with Crippen molar-refractivity contribution in [2.45, 2.75) is 0 Å². The van der Waals surface area contributed by atoms with E-state index in [1.807, 2.05) is 0 Å². The molecule has 0 fully saturated rings. The number of benzene rings is 1. The average molecular weight is 307 g/mol. The summed E-state index contributed by atoms with van der Waals surface area (Å²) in [5, 5.41) is 2.51. The second kappa shape index (κ2) is 4.98. The van der Waals surface area contributed by atoms with E-state index in [1.165, 1.54) is 18.5 Å². The number of nitrogens with one attached hydrogen (secondary N) is 2. The van der Waals surface area contributed by atoms with Crippen molar-refractivity contribution in [2.75, 3.05) is 11.1 Å². The number of imidazole rings is 1. The van der Waals surface area contributed by atoms with E-state index >= 15 is 0 Å². The van der Waals surface area contributed by atoms with Gasteiger partial charge in [-0.3, -0.25) is 10.1 Å². The van der Waals surface area contributed by atoms with Crippen LogP contribution in [0.3, 0.4) is 0 Å². The van der Waals surface area contributed by atoms with Gasteiger partial charge in [-0.05, 0) is 12.1 Å². The number of hydrogen-bond donors (Lipinski definition) is 3. The number of fused-ring (bicyclic) bond motifs is 1. The molecule has 3 aromatic rings. The number of H-pyrrole nitrogens is 1. The van der Waals surface area contributed by atoms with Crippen molar-refractivity contribution in [1.82, 2.24) is 19.9 Å². The summed E-state index contributed by atoms with van der Waals surface area (Å²) in [6.07, 6.45) is 1.40. The Bertz CT molecular complexity index is 849. The van der Waals surface area contributed by atoms with Crippen molar-refractivity contribution in [1.29, 1.82) is 0 Å². The molecule has 0 unspecified atom stereocenters. The van der Waals surface area contributed by atoms with E-state index in [-0.39, 0.29) is 22.4 Å². The van der Waals surface area contributed by atoms with Crippen molar-refractivity contribution >= 4 is 40.3 Å². The summed E-state index contributed by atoms with van der Waals surface area (Å²) in [6, 6.07) is 3.93. The first kappa shape index (κ1) is 13.3. The van der Waals surface area contributed by atoms with Crippen LogP contribution in [0.5, 0.6) is 0 Å². The number of rotatable bonds is 2. The second-order valence-electron chi connectivity index (χ2n) is 4.09. The van der Waals surface area contributed by atoms with Gasteiger partial charge in [0.1, 0.15) is 11.3 Å². The van der Waals surface area contributed by atoms with Crippen LogP contribution in [0.2, 0.25) is 5.15 Å². The zero-order valence-electron chi connectivity index (χ0n) is 10.4. The fourth-order valence-electron chi connectivity index (χ4n) is 1.76. The molecule has 4 N–H and O–H groups in total. The van der Waals surface area contributed by atoms with Crippen LogP contribution in [0.25, 0.3) is 11.2 Å². The van der Waals surface area contributed by atoms with Gasteiger partial charge in [-0.2, -0.15) is 9.97 Å². The molecule has 2 aromatic heterocycles. The molecule has 0 aliphatic heterocycles. The summed E-state index contributed by atoms with van der Waals surface area (Å²) in [4.78, 5) is 26.7. The number of carbonyl (C=O) groups is 1. The first-order chi connectivity index (χ1) is 10.1. The molecule has 3 rings (SSSR count). The van der Waals surface area contributed by atoms with Gasteiger partial charge < -0.3 is 10.7 Å². The maximum atomic E-state index is 13.3. The zero-order chi connectivity index (χ0) is 15.0. The van der Waals surface area contributed by atoms with Crippen LogP contribution in [0.1, 0.15) is 10.4 Å². The Balaban J connectivity index is 1.94. The lowest BCUT2D eigenvalue weighted by atomic mass is 10.1. The molecule has 1 amide bonds. The fourth-order valence-corrected chi connectivity index (χ4v) is 1.98. The third kappa shape index (κ3) is 2.36. The molecule has 0 spiro atoms. The summed E-state index contributed by atoms with van der Waals surface area (Å²) in [7, 11) is 0. The van der Waals surface area contributed by atoms with Gasteiger partial charge in [0.05, 0.1) is 17.6 Å². The lowest BCUT2D eigenvalue weighted by Crippen LogP contribution is -2.16. The molecule has 106 valence electrons. The topological polar surface area (TPSA) is 110 Å². The van der Waals surface area contributed by atoms with Crippen LogP contribution < -0.4 is 11.1 Å². The smallest absolute Gasteiger partial charge is 0.260 e. The van der Waals surface area contributed by atoms with Gasteiger partial charge in [0.25, 0.3) is 5.91 Å². The zero-order valence-corrected chi connectivity index (χ0v) is 11.1. The number of nitrogens with two attached hydrogens (primary N) is 1. The molecule has 0 saturated carbocycles. The molecule has 0 radical (unpaired) electrons. The number of aromatic nitrogens is 4. The molecule has 0 aliphatic rings.